The maximum atomic E-state index is 13.0. The maximum absolute atomic E-state index is 13.0. The Kier molecular flexibility index (Phi) is 4.66. The number of carbonyl (C=O) groups is 2. The molecule has 0 aliphatic carbocycles. The van der Waals surface area contributed by atoms with Crippen LogP contribution in [0.3, 0.4) is 0 Å². The van der Waals surface area contributed by atoms with Gasteiger partial charge in [-0.05, 0) is 25.3 Å². The minimum absolute atomic E-state index is 0.0323. The zero-order chi connectivity index (χ0) is 15.5. The van der Waals surface area contributed by atoms with E-state index >= 15 is 0 Å². The average Bonchev–Trinajstić information content (AvgIpc) is 2.58. The Labute approximate surface area is 126 Å². The van der Waals surface area contributed by atoms with Crippen molar-refractivity contribution < 1.29 is 9.59 Å². The van der Waals surface area contributed by atoms with E-state index in [1.807, 2.05) is 56.0 Å². The Hall–Kier alpha value is -1.84. The molecule has 0 radical (unpaired) electrons. The van der Waals surface area contributed by atoms with E-state index in [4.69, 9.17) is 0 Å². The Morgan fingerprint density at radius 2 is 1.81 bits per heavy atom. The molecule has 2 rings (SSSR count). The SMILES string of the molecule is CCC1(CC)NC(=O)CC(C)N(Cc2ccccc2)C1=O. The van der Waals surface area contributed by atoms with Crippen LogP contribution in [0.25, 0.3) is 0 Å². The summed E-state index contributed by atoms with van der Waals surface area (Å²) in [7, 11) is 0. The molecular weight excluding hydrogens is 264 g/mol. The Balaban J connectivity index is 2.32. The highest BCUT2D eigenvalue weighted by Crippen LogP contribution is 2.26. The zero-order valence-corrected chi connectivity index (χ0v) is 13.1. The number of carbonyl (C=O) groups excluding carboxylic acids is 2. The summed E-state index contributed by atoms with van der Waals surface area (Å²) in [4.78, 5) is 26.9. The first kappa shape index (κ1) is 15.5. The molecule has 1 aliphatic rings. The molecule has 4 nitrogen and oxygen atoms in total. The lowest BCUT2D eigenvalue weighted by Gasteiger charge is -2.35. The third-order valence-electron chi connectivity index (χ3n) is 4.46. The van der Waals surface area contributed by atoms with Crippen molar-refractivity contribution in [3.8, 4) is 0 Å². The average molecular weight is 288 g/mol. The molecule has 114 valence electrons. The van der Waals surface area contributed by atoms with Crippen LogP contribution in [0.4, 0.5) is 0 Å². The summed E-state index contributed by atoms with van der Waals surface area (Å²) in [5.74, 6) is 0.00446. The van der Waals surface area contributed by atoms with Gasteiger partial charge in [0.25, 0.3) is 0 Å². The van der Waals surface area contributed by atoms with E-state index in [1.165, 1.54) is 0 Å². The fourth-order valence-corrected chi connectivity index (χ4v) is 2.96. The van der Waals surface area contributed by atoms with E-state index in [2.05, 4.69) is 5.32 Å². The van der Waals surface area contributed by atoms with Gasteiger partial charge in [-0.15, -0.1) is 0 Å². The van der Waals surface area contributed by atoms with Gasteiger partial charge in [-0.3, -0.25) is 9.59 Å². The minimum Gasteiger partial charge on any atom is -0.342 e. The summed E-state index contributed by atoms with van der Waals surface area (Å²) in [5.41, 5.74) is 0.338. The monoisotopic (exact) mass is 288 g/mol. The number of benzene rings is 1. The van der Waals surface area contributed by atoms with Gasteiger partial charge in [-0.25, -0.2) is 0 Å². The van der Waals surface area contributed by atoms with Crippen LogP contribution in [0.1, 0.15) is 45.6 Å². The largest absolute Gasteiger partial charge is 0.342 e. The second-order valence-corrected chi connectivity index (χ2v) is 5.81. The minimum atomic E-state index is -0.753. The molecule has 4 heteroatoms. The molecule has 0 spiro atoms. The van der Waals surface area contributed by atoms with Crippen LogP contribution < -0.4 is 5.32 Å². The third kappa shape index (κ3) is 3.09. The van der Waals surface area contributed by atoms with Crippen molar-refractivity contribution in [3.05, 3.63) is 35.9 Å². The van der Waals surface area contributed by atoms with Crippen molar-refractivity contribution in [3.63, 3.8) is 0 Å². The standard InChI is InChI=1S/C17H24N2O2/c1-4-17(5-2)16(21)19(13(3)11-15(20)18-17)12-14-9-7-6-8-10-14/h6-10,13H,4-5,11-12H2,1-3H3,(H,18,20). The van der Waals surface area contributed by atoms with E-state index in [1.54, 1.807) is 0 Å². The lowest BCUT2D eigenvalue weighted by atomic mass is 9.91. The molecule has 1 atom stereocenters. The van der Waals surface area contributed by atoms with Gasteiger partial charge in [0, 0.05) is 19.0 Å². The Bertz CT molecular complexity index is 509. The molecule has 1 aromatic carbocycles. The molecule has 0 aromatic heterocycles. The van der Waals surface area contributed by atoms with Gasteiger partial charge in [-0.2, -0.15) is 0 Å². The molecule has 1 unspecified atom stereocenters. The number of hydrogen-bond donors (Lipinski definition) is 1. The number of rotatable bonds is 4. The van der Waals surface area contributed by atoms with Gasteiger partial charge in [0.05, 0.1) is 0 Å². The number of nitrogens with one attached hydrogen (secondary N) is 1. The second-order valence-electron chi connectivity index (χ2n) is 5.81. The van der Waals surface area contributed by atoms with Crippen molar-refractivity contribution >= 4 is 11.8 Å². The van der Waals surface area contributed by atoms with Crippen molar-refractivity contribution in [2.24, 2.45) is 0 Å². The highest BCUT2D eigenvalue weighted by atomic mass is 16.2. The maximum Gasteiger partial charge on any atom is 0.248 e. The third-order valence-corrected chi connectivity index (χ3v) is 4.46. The molecule has 2 amide bonds. The summed E-state index contributed by atoms with van der Waals surface area (Å²) in [5, 5.41) is 2.96. The van der Waals surface area contributed by atoms with E-state index in [-0.39, 0.29) is 17.9 Å². The van der Waals surface area contributed by atoms with Gasteiger partial charge in [0.15, 0.2) is 0 Å². The molecule has 1 fully saturated rings. The van der Waals surface area contributed by atoms with E-state index < -0.39 is 5.54 Å². The van der Waals surface area contributed by atoms with Crippen LogP contribution in [0.2, 0.25) is 0 Å². The number of nitrogens with zero attached hydrogens (tertiary/aromatic N) is 1. The Morgan fingerprint density at radius 3 is 2.38 bits per heavy atom. The molecule has 1 aliphatic heterocycles. The predicted octanol–water partition coefficient (Wildman–Crippen LogP) is 2.48. The molecule has 0 saturated carbocycles. The first-order valence-corrected chi connectivity index (χ1v) is 7.68. The van der Waals surface area contributed by atoms with E-state index in [0.29, 0.717) is 25.8 Å². The van der Waals surface area contributed by atoms with Crippen LogP contribution in [0.15, 0.2) is 30.3 Å². The highest BCUT2D eigenvalue weighted by molar-refractivity contribution is 5.93. The quantitative estimate of drug-likeness (QED) is 0.925. The topological polar surface area (TPSA) is 49.4 Å². The van der Waals surface area contributed by atoms with Gasteiger partial charge in [0.2, 0.25) is 11.8 Å². The molecular formula is C17H24N2O2. The smallest absolute Gasteiger partial charge is 0.248 e. The zero-order valence-electron chi connectivity index (χ0n) is 13.1. The molecule has 0 bridgehead atoms. The number of hydrogen-bond acceptors (Lipinski definition) is 2. The Morgan fingerprint density at radius 1 is 1.19 bits per heavy atom. The first-order valence-electron chi connectivity index (χ1n) is 7.68. The normalized spacial score (nSPS) is 21.9. The lowest BCUT2D eigenvalue weighted by Crippen LogP contribution is -2.56. The van der Waals surface area contributed by atoms with Gasteiger partial charge in [0.1, 0.15) is 5.54 Å². The van der Waals surface area contributed by atoms with E-state index in [9.17, 15) is 9.59 Å². The fraction of sp³-hybridized carbons (Fsp3) is 0.529. The van der Waals surface area contributed by atoms with Crippen molar-refractivity contribution in [1.82, 2.24) is 10.2 Å². The van der Waals surface area contributed by atoms with E-state index in [0.717, 1.165) is 5.56 Å². The predicted molar refractivity (Wildman–Crippen MR) is 82.5 cm³/mol. The van der Waals surface area contributed by atoms with Crippen LogP contribution >= 0.6 is 0 Å². The van der Waals surface area contributed by atoms with Crippen molar-refractivity contribution in [1.29, 1.82) is 0 Å². The summed E-state index contributed by atoms with van der Waals surface area (Å²) in [6.45, 7) is 6.41. The molecule has 1 N–H and O–H groups in total. The van der Waals surface area contributed by atoms with Crippen LogP contribution in [0.5, 0.6) is 0 Å². The van der Waals surface area contributed by atoms with Gasteiger partial charge < -0.3 is 10.2 Å². The van der Waals surface area contributed by atoms with Crippen molar-refractivity contribution in [2.75, 3.05) is 0 Å². The molecule has 1 saturated heterocycles. The van der Waals surface area contributed by atoms with Crippen LogP contribution in [-0.2, 0) is 16.1 Å². The second kappa shape index (κ2) is 6.29. The summed E-state index contributed by atoms with van der Waals surface area (Å²) in [6, 6.07) is 9.85. The summed E-state index contributed by atoms with van der Waals surface area (Å²) < 4.78 is 0. The fourth-order valence-electron chi connectivity index (χ4n) is 2.96. The lowest BCUT2D eigenvalue weighted by molar-refractivity contribution is -0.141. The highest BCUT2D eigenvalue weighted by Gasteiger charge is 2.43. The van der Waals surface area contributed by atoms with Crippen LogP contribution in [-0.4, -0.2) is 28.3 Å². The summed E-state index contributed by atoms with van der Waals surface area (Å²) >= 11 is 0. The van der Waals surface area contributed by atoms with Crippen LogP contribution in [0, 0.1) is 0 Å². The number of amides is 2. The molecule has 21 heavy (non-hydrogen) atoms. The summed E-state index contributed by atoms with van der Waals surface area (Å²) in [6.07, 6.45) is 1.60. The molecule has 1 heterocycles. The van der Waals surface area contributed by atoms with Gasteiger partial charge in [-0.1, -0.05) is 44.2 Å². The van der Waals surface area contributed by atoms with Crippen molar-refractivity contribution in [2.45, 2.75) is 58.2 Å². The first-order chi connectivity index (χ1) is 10.0. The van der Waals surface area contributed by atoms with Gasteiger partial charge >= 0.3 is 0 Å². The molecule has 1 aromatic rings.